The molecule has 0 aliphatic carbocycles. The third-order valence-corrected chi connectivity index (χ3v) is 12.0. The molecule has 12 rings (SSSR count). The molecule has 0 saturated carbocycles. The maximum absolute atomic E-state index is 5.35. The Labute approximate surface area is 358 Å². The van der Waals surface area contributed by atoms with Gasteiger partial charge in [-0.15, -0.1) is 0 Å². The first kappa shape index (κ1) is 35.5. The summed E-state index contributed by atoms with van der Waals surface area (Å²) in [6.07, 6.45) is 0. The second-order valence-electron chi connectivity index (χ2n) is 15.6. The predicted octanol–water partition coefficient (Wildman–Crippen LogP) is 14.4. The smallest absolute Gasteiger partial charge is 0.238 e. The number of fused-ring (bicyclic) bond motifs is 6. The van der Waals surface area contributed by atoms with Gasteiger partial charge in [-0.1, -0.05) is 188 Å². The van der Waals surface area contributed by atoms with E-state index in [0.29, 0.717) is 17.6 Å². The van der Waals surface area contributed by atoms with Gasteiger partial charge < -0.3 is 4.57 Å². The van der Waals surface area contributed by atoms with Crippen molar-refractivity contribution >= 4 is 43.6 Å². The number of benzene rings is 9. The first-order valence-electron chi connectivity index (χ1n) is 20.9. The normalized spacial score (nSPS) is 11.5. The highest BCUT2D eigenvalue weighted by Gasteiger charge is 2.22. The zero-order valence-corrected chi connectivity index (χ0v) is 33.6. The topological polar surface area (TPSA) is 48.5 Å². The Balaban J connectivity index is 1.08. The quantitative estimate of drug-likeness (QED) is 0.162. The number of nitrogens with zero attached hydrogens (tertiary/aromatic N) is 5. The standard InChI is InChI=1S/C57H37N5/c1-4-17-38(18-5-1)39-31-33-40(34-32-39)43-23-16-24-44(35-43)56-58-55(42-21-8-3-9-22-42)59-57(60-56)62-52-30-15-12-27-47(52)49-36-48-46-26-11-14-29-51(46)61(53(48)37-54(49)62)50-28-13-10-25-45(50)41-19-6-2-7-20-41/h1-37H. The average Bonchev–Trinajstić information content (AvgIpc) is 3.86. The highest BCUT2D eigenvalue weighted by atomic mass is 15.2. The highest BCUT2D eigenvalue weighted by molar-refractivity contribution is 6.19. The van der Waals surface area contributed by atoms with E-state index in [0.717, 1.165) is 60.8 Å². The van der Waals surface area contributed by atoms with Gasteiger partial charge in [0.2, 0.25) is 5.95 Å². The van der Waals surface area contributed by atoms with E-state index in [1.807, 2.05) is 24.3 Å². The fourth-order valence-corrected chi connectivity index (χ4v) is 9.07. The number of hydrogen-bond acceptors (Lipinski definition) is 3. The van der Waals surface area contributed by atoms with Crippen molar-refractivity contribution in [2.75, 3.05) is 0 Å². The van der Waals surface area contributed by atoms with E-state index in [1.54, 1.807) is 0 Å². The minimum absolute atomic E-state index is 0.560. The fraction of sp³-hybridized carbons (Fsp3) is 0. The molecule has 0 unspecified atom stereocenters. The number of hydrogen-bond donors (Lipinski definition) is 0. The lowest BCUT2D eigenvalue weighted by molar-refractivity contribution is 0.953. The Morgan fingerprint density at radius 2 is 0.726 bits per heavy atom. The van der Waals surface area contributed by atoms with E-state index in [9.17, 15) is 0 Å². The molecule has 12 aromatic rings. The molecule has 0 N–H and O–H groups in total. The molecule has 0 spiro atoms. The van der Waals surface area contributed by atoms with Gasteiger partial charge >= 0.3 is 0 Å². The summed E-state index contributed by atoms with van der Waals surface area (Å²) in [7, 11) is 0. The van der Waals surface area contributed by atoms with Gasteiger partial charge in [0.15, 0.2) is 11.6 Å². The van der Waals surface area contributed by atoms with Gasteiger partial charge in [-0.05, 0) is 64.2 Å². The molecule has 0 bridgehead atoms. The van der Waals surface area contributed by atoms with E-state index in [4.69, 9.17) is 15.0 Å². The average molecular weight is 792 g/mol. The molecule has 3 heterocycles. The third-order valence-electron chi connectivity index (χ3n) is 12.0. The second-order valence-corrected chi connectivity index (χ2v) is 15.6. The van der Waals surface area contributed by atoms with Crippen molar-refractivity contribution in [2.24, 2.45) is 0 Å². The Hall–Kier alpha value is -8.41. The molecule has 9 aromatic carbocycles. The molecule has 3 aromatic heterocycles. The van der Waals surface area contributed by atoms with Gasteiger partial charge in [0.1, 0.15) is 0 Å². The molecule has 290 valence electrons. The van der Waals surface area contributed by atoms with Crippen LogP contribution in [0.15, 0.2) is 224 Å². The molecule has 5 heteroatoms. The molecule has 62 heavy (non-hydrogen) atoms. The van der Waals surface area contributed by atoms with Gasteiger partial charge in [-0.2, -0.15) is 9.97 Å². The van der Waals surface area contributed by atoms with Crippen molar-refractivity contribution in [1.29, 1.82) is 0 Å². The Kier molecular flexibility index (Phi) is 8.42. The van der Waals surface area contributed by atoms with Crippen LogP contribution >= 0.6 is 0 Å². The van der Waals surface area contributed by atoms with Gasteiger partial charge in [-0.3, -0.25) is 4.57 Å². The summed E-state index contributed by atoms with van der Waals surface area (Å²) in [6.45, 7) is 0. The van der Waals surface area contributed by atoms with Crippen molar-refractivity contribution < 1.29 is 0 Å². The summed E-state index contributed by atoms with van der Waals surface area (Å²) in [5, 5.41) is 4.66. The van der Waals surface area contributed by atoms with Crippen LogP contribution < -0.4 is 0 Å². The van der Waals surface area contributed by atoms with Crippen LogP contribution in [0.3, 0.4) is 0 Å². The molecular formula is C57H37N5. The summed E-state index contributed by atoms with van der Waals surface area (Å²) in [5.74, 6) is 1.78. The first-order chi connectivity index (χ1) is 30.7. The van der Waals surface area contributed by atoms with Crippen LogP contribution in [-0.2, 0) is 0 Å². The van der Waals surface area contributed by atoms with Crippen LogP contribution in [0, 0.1) is 0 Å². The zero-order chi connectivity index (χ0) is 41.0. The van der Waals surface area contributed by atoms with E-state index in [1.165, 1.54) is 33.0 Å². The Morgan fingerprint density at radius 1 is 0.258 bits per heavy atom. The second kappa shape index (κ2) is 14.7. The van der Waals surface area contributed by atoms with Crippen LogP contribution in [0.5, 0.6) is 0 Å². The lowest BCUT2D eigenvalue weighted by Crippen LogP contribution is -2.06. The van der Waals surface area contributed by atoms with Crippen LogP contribution in [-0.4, -0.2) is 24.1 Å². The van der Waals surface area contributed by atoms with Gasteiger partial charge in [0.25, 0.3) is 0 Å². The van der Waals surface area contributed by atoms with Crippen molar-refractivity contribution in [3.63, 3.8) is 0 Å². The maximum atomic E-state index is 5.35. The summed E-state index contributed by atoms with van der Waals surface area (Å²) >= 11 is 0. The summed E-state index contributed by atoms with van der Waals surface area (Å²) in [6, 6.07) is 79.3. The molecular weight excluding hydrogens is 755 g/mol. The first-order valence-corrected chi connectivity index (χ1v) is 20.9. The minimum Gasteiger partial charge on any atom is -0.309 e. The summed E-state index contributed by atoms with van der Waals surface area (Å²) in [5.41, 5.74) is 14.2. The van der Waals surface area contributed by atoms with Gasteiger partial charge in [-0.25, -0.2) is 4.98 Å². The molecule has 0 atom stereocenters. The number of aromatic nitrogens is 5. The van der Waals surface area contributed by atoms with E-state index in [2.05, 4.69) is 209 Å². The monoisotopic (exact) mass is 791 g/mol. The van der Waals surface area contributed by atoms with Crippen molar-refractivity contribution in [3.8, 4) is 67.8 Å². The van der Waals surface area contributed by atoms with Crippen LogP contribution in [0.2, 0.25) is 0 Å². The molecule has 0 aliphatic heterocycles. The number of para-hydroxylation sites is 3. The Bertz CT molecular complexity index is 3610. The molecule has 0 fully saturated rings. The minimum atomic E-state index is 0.560. The number of rotatable bonds is 7. The van der Waals surface area contributed by atoms with Crippen molar-refractivity contribution in [3.05, 3.63) is 224 Å². The molecule has 0 saturated heterocycles. The lowest BCUT2D eigenvalue weighted by Gasteiger charge is -2.14. The molecule has 0 radical (unpaired) electrons. The van der Waals surface area contributed by atoms with E-state index < -0.39 is 0 Å². The van der Waals surface area contributed by atoms with Crippen LogP contribution in [0.1, 0.15) is 0 Å². The van der Waals surface area contributed by atoms with E-state index in [-0.39, 0.29) is 0 Å². The molecule has 0 amide bonds. The Morgan fingerprint density at radius 3 is 1.40 bits per heavy atom. The predicted molar refractivity (Wildman–Crippen MR) is 256 cm³/mol. The largest absolute Gasteiger partial charge is 0.309 e. The molecule has 5 nitrogen and oxygen atoms in total. The van der Waals surface area contributed by atoms with Gasteiger partial charge in [0, 0.05) is 38.2 Å². The van der Waals surface area contributed by atoms with Crippen LogP contribution in [0.4, 0.5) is 0 Å². The zero-order valence-electron chi connectivity index (χ0n) is 33.6. The molecule has 0 aliphatic rings. The summed E-state index contributed by atoms with van der Waals surface area (Å²) < 4.78 is 4.64. The highest BCUT2D eigenvalue weighted by Crippen LogP contribution is 2.41. The van der Waals surface area contributed by atoms with Gasteiger partial charge in [0.05, 0.1) is 27.8 Å². The maximum Gasteiger partial charge on any atom is 0.238 e. The van der Waals surface area contributed by atoms with Crippen LogP contribution in [0.25, 0.3) is 111 Å². The third kappa shape index (κ3) is 5.98. The van der Waals surface area contributed by atoms with Crippen molar-refractivity contribution in [2.45, 2.75) is 0 Å². The summed E-state index contributed by atoms with van der Waals surface area (Å²) in [4.78, 5) is 15.8. The fourth-order valence-electron chi connectivity index (χ4n) is 9.07. The SMILES string of the molecule is c1ccc(-c2ccc(-c3cccc(-c4nc(-c5ccccc5)nc(-n5c6ccccc6c6cc7c8ccccc8n(-c8ccccc8-c8ccccc8)c7cc65)n4)c3)cc2)cc1. The van der Waals surface area contributed by atoms with E-state index >= 15 is 0 Å². The lowest BCUT2D eigenvalue weighted by atomic mass is 9.99. The van der Waals surface area contributed by atoms with Crippen molar-refractivity contribution in [1.82, 2.24) is 24.1 Å².